The van der Waals surface area contributed by atoms with E-state index in [1.165, 1.54) is 16.2 Å². The number of rotatable bonds is 6. The summed E-state index contributed by atoms with van der Waals surface area (Å²) in [6.07, 6.45) is 2.95. The number of hydrogen-bond acceptors (Lipinski definition) is 5. The summed E-state index contributed by atoms with van der Waals surface area (Å²) in [5, 5.41) is 13.8. The molecule has 2 aromatic heterocycles. The Balaban J connectivity index is 1.47. The number of anilines is 1. The zero-order valence-electron chi connectivity index (χ0n) is 17.7. The SMILES string of the molecule is CC[NH+](CC(=O)Nc1sc2c(c1C#N)CC[C@H](C)C2)Cc1nc2ccccc2c(=O)[nH]1. The van der Waals surface area contributed by atoms with E-state index in [9.17, 15) is 14.9 Å². The Morgan fingerprint density at radius 3 is 3.00 bits per heavy atom. The minimum atomic E-state index is -0.169. The van der Waals surface area contributed by atoms with Gasteiger partial charge in [-0.05, 0) is 49.8 Å². The van der Waals surface area contributed by atoms with Gasteiger partial charge in [-0.15, -0.1) is 11.3 Å². The maximum absolute atomic E-state index is 12.8. The number of hydrogen-bond donors (Lipinski definition) is 3. The molecular weight excluding hydrogens is 410 g/mol. The lowest BCUT2D eigenvalue weighted by Crippen LogP contribution is -3.11. The predicted molar refractivity (Wildman–Crippen MR) is 121 cm³/mol. The van der Waals surface area contributed by atoms with Crippen LogP contribution in [0.25, 0.3) is 10.9 Å². The number of benzene rings is 1. The van der Waals surface area contributed by atoms with Crippen LogP contribution in [-0.2, 0) is 24.2 Å². The third-order valence-corrected chi connectivity index (χ3v) is 7.04. The van der Waals surface area contributed by atoms with E-state index in [4.69, 9.17) is 0 Å². The number of carbonyl (C=O) groups excluding carboxylic acids is 1. The molecule has 4 rings (SSSR count). The molecule has 0 fully saturated rings. The van der Waals surface area contributed by atoms with Crippen molar-refractivity contribution >= 4 is 33.1 Å². The summed E-state index contributed by atoms with van der Waals surface area (Å²) < 4.78 is 0. The summed E-state index contributed by atoms with van der Waals surface area (Å²) in [6, 6.07) is 9.52. The number of quaternary nitrogens is 1. The molecule has 0 saturated heterocycles. The Morgan fingerprint density at radius 2 is 2.23 bits per heavy atom. The molecule has 1 aliphatic carbocycles. The lowest BCUT2D eigenvalue weighted by molar-refractivity contribution is -0.904. The first kappa shape index (κ1) is 21.2. The van der Waals surface area contributed by atoms with Gasteiger partial charge in [-0.1, -0.05) is 19.1 Å². The quantitative estimate of drug-likeness (QED) is 0.550. The van der Waals surface area contributed by atoms with E-state index < -0.39 is 0 Å². The van der Waals surface area contributed by atoms with Crippen LogP contribution in [0.4, 0.5) is 5.00 Å². The van der Waals surface area contributed by atoms with Gasteiger partial charge in [-0.2, -0.15) is 5.26 Å². The van der Waals surface area contributed by atoms with Crippen LogP contribution < -0.4 is 15.8 Å². The van der Waals surface area contributed by atoms with Crippen LogP contribution in [0.1, 0.15) is 42.1 Å². The summed E-state index contributed by atoms with van der Waals surface area (Å²) in [5.41, 5.74) is 2.22. The first-order valence-corrected chi connectivity index (χ1v) is 11.5. The van der Waals surface area contributed by atoms with Crippen LogP contribution in [-0.4, -0.2) is 29.0 Å². The Morgan fingerprint density at radius 1 is 1.42 bits per heavy atom. The minimum Gasteiger partial charge on any atom is -0.321 e. The van der Waals surface area contributed by atoms with E-state index >= 15 is 0 Å². The first-order chi connectivity index (χ1) is 15.0. The van der Waals surface area contributed by atoms with Gasteiger partial charge in [0.05, 0.1) is 23.0 Å². The van der Waals surface area contributed by atoms with Gasteiger partial charge in [-0.3, -0.25) is 9.59 Å². The van der Waals surface area contributed by atoms with Gasteiger partial charge < -0.3 is 15.2 Å². The number of carbonyl (C=O) groups is 1. The number of likely N-dealkylation sites (N-methyl/N-ethyl adjacent to an activating group) is 1. The fourth-order valence-corrected chi connectivity index (χ4v) is 5.50. The zero-order valence-corrected chi connectivity index (χ0v) is 18.6. The Bertz CT molecular complexity index is 1220. The minimum absolute atomic E-state index is 0.136. The molecule has 2 heterocycles. The second kappa shape index (κ2) is 9.00. The molecule has 8 heteroatoms. The van der Waals surface area contributed by atoms with Crippen molar-refractivity contribution in [3.63, 3.8) is 0 Å². The van der Waals surface area contributed by atoms with E-state index in [2.05, 4.69) is 28.3 Å². The molecule has 0 aliphatic heterocycles. The van der Waals surface area contributed by atoms with Crippen molar-refractivity contribution in [3.8, 4) is 6.07 Å². The number of fused-ring (bicyclic) bond motifs is 2. The van der Waals surface area contributed by atoms with Gasteiger partial charge in [0.2, 0.25) is 0 Å². The molecule has 0 bridgehead atoms. The average molecular weight is 437 g/mol. The lowest BCUT2D eigenvalue weighted by Gasteiger charge is -2.17. The number of nitrogens with zero attached hydrogens (tertiary/aromatic N) is 2. The van der Waals surface area contributed by atoms with Crippen molar-refractivity contribution in [3.05, 3.63) is 56.4 Å². The molecular formula is C23H26N5O2S+. The van der Waals surface area contributed by atoms with Gasteiger partial charge in [0.15, 0.2) is 12.4 Å². The monoisotopic (exact) mass is 436 g/mol. The van der Waals surface area contributed by atoms with Crippen molar-refractivity contribution in [1.29, 1.82) is 5.26 Å². The second-order valence-electron chi connectivity index (χ2n) is 8.20. The summed E-state index contributed by atoms with van der Waals surface area (Å²) in [5.74, 6) is 1.03. The highest BCUT2D eigenvalue weighted by Gasteiger charge is 2.25. The maximum Gasteiger partial charge on any atom is 0.280 e. The first-order valence-electron chi connectivity index (χ1n) is 10.6. The molecule has 1 amide bonds. The van der Waals surface area contributed by atoms with Crippen molar-refractivity contribution in [2.45, 2.75) is 39.7 Å². The van der Waals surface area contributed by atoms with Crippen LogP contribution in [0, 0.1) is 17.2 Å². The highest BCUT2D eigenvalue weighted by Crippen LogP contribution is 2.39. The standard InChI is InChI=1S/C23H25N5O2S/c1-3-28(12-20-25-18-7-5-4-6-16(18)22(30)26-20)13-21(29)27-23-17(11-24)15-9-8-14(2)10-19(15)31-23/h4-7,14H,3,8-10,12-13H2,1-2H3,(H,27,29)(H,25,26,30)/p+1/t14-/m0/s1. The lowest BCUT2D eigenvalue weighted by atomic mass is 9.89. The predicted octanol–water partition coefficient (Wildman–Crippen LogP) is 2.02. The van der Waals surface area contributed by atoms with E-state index in [1.54, 1.807) is 6.07 Å². The van der Waals surface area contributed by atoms with Crippen molar-refractivity contribution < 1.29 is 9.69 Å². The number of aromatic nitrogens is 2. The molecule has 3 N–H and O–H groups in total. The summed E-state index contributed by atoms with van der Waals surface area (Å²) in [6.45, 7) is 5.59. The number of nitrogens with one attached hydrogen (secondary N) is 3. The van der Waals surface area contributed by atoms with E-state index in [-0.39, 0.29) is 18.0 Å². The largest absolute Gasteiger partial charge is 0.321 e. The fraction of sp³-hybridized carbons (Fsp3) is 0.391. The molecule has 0 radical (unpaired) electrons. The maximum atomic E-state index is 12.8. The fourth-order valence-electron chi connectivity index (χ4n) is 4.12. The van der Waals surface area contributed by atoms with Crippen LogP contribution in [0.3, 0.4) is 0 Å². The molecule has 0 spiro atoms. The topological polar surface area (TPSA) is 103 Å². The van der Waals surface area contributed by atoms with E-state index in [0.29, 0.717) is 46.3 Å². The Hall–Kier alpha value is -3.02. The molecule has 160 valence electrons. The number of para-hydroxylation sites is 1. The molecule has 3 aromatic rings. The van der Waals surface area contributed by atoms with Crippen LogP contribution in [0.2, 0.25) is 0 Å². The van der Waals surface area contributed by atoms with Crippen molar-refractivity contribution in [2.75, 3.05) is 18.4 Å². The molecule has 31 heavy (non-hydrogen) atoms. The number of aromatic amines is 1. The molecule has 0 saturated carbocycles. The smallest absolute Gasteiger partial charge is 0.280 e. The average Bonchev–Trinajstić information content (AvgIpc) is 3.08. The molecule has 7 nitrogen and oxygen atoms in total. The third kappa shape index (κ3) is 4.53. The highest BCUT2D eigenvalue weighted by atomic mass is 32.1. The third-order valence-electron chi connectivity index (χ3n) is 5.87. The highest BCUT2D eigenvalue weighted by molar-refractivity contribution is 7.16. The summed E-state index contributed by atoms with van der Waals surface area (Å²) in [7, 11) is 0. The van der Waals surface area contributed by atoms with E-state index in [1.807, 2.05) is 25.1 Å². The molecule has 2 atom stereocenters. The number of amides is 1. The number of H-pyrrole nitrogens is 1. The van der Waals surface area contributed by atoms with Gasteiger partial charge in [0.1, 0.15) is 17.6 Å². The Labute approximate surface area is 184 Å². The molecule has 1 aliphatic rings. The van der Waals surface area contributed by atoms with Gasteiger partial charge in [0, 0.05) is 4.88 Å². The summed E-state index contributed by atoms with van der Waals surface area (Å²) in [4.78, 5) is 34.7. The summed E-state index contributed by atoms with van der Waals surface area (Å²) >= 11 is 1.54. The zero-order chi connectivity index (χ0) is 22.0. The number of thiophene rings is 1. The van der Waals surface area contributed by atoms with Crippen LogP contribution in [0.15, 0.2) is 29.1 Å². The van der Waals surface area contributed by atoms with Crippen LogP contribution in [0.5, 0.6) is 0 Å². The van der Waals surface area contributed by atoms with Crippen LogP contribution >= 0.6 is 11.3 Å². The Kier molecular flexibility index (Phi) is 6.16. The van der Waals surface area contributed by atoms with Gasteiger partial charge >= 0.3 is 0 Å². The number of nitriles is 1. The van der Waals surface area contributed by atoms with E-state index in [0.717, 1.165) is 29.7 Å². The van der Waals surface area contributed by atoms with Crippen molar-refractivity contribution in [1.82, 2.24) is 9.97 Å². The second-order valence-corrected chi connectivity index (χ2v) is 9.31. The van der Waals surface area contributed by atoms with Gasteiger partial charge in [0.25, 0.3) is 11.5 Å². The molecule has 1 unspecified atom stereocenters. The van der Waals surface area contributed by atoms with Crippen molar-refractivity contribution in [2.24, 2.45) is 5.92 Å². The van der Waals surface area contributed by atoms with Gasteiger partial charge in [-0.25, -0.2) is 4.98 Å². The molecule has 1 aromatic carbocycles. The normalized spacial score (nSPS) is 16.5.